The first-order valence-electron chi connectivity index (χ1n) is 7.31. The molecule has 0 fully saturated rings. The molecule has 2 aromatic rings. The SMILES string of the molecule is Cc1nccc(-c2nc(C(C)(C)C)c(CNC(C)C)s2)n1. The fourth-order valence-corrected chi connectivity index (χ4v) is 3.23. The van der Waals surface area contributed by atoms with Crippen molar-refractivity contribution in [3.8, 4) is 10.7 Å². The average Bonchev–Trinajstić information content (AvgIpc) is 2.80. The van der Waals surface area contributed by atoms with E-state index in [4.69, 9.17) is 4.98 Å². The minimum atomic E-state index is 0.0326. The summed E-state index contributed by atoms with van der Waals surface area (Å²) >= 11 is 1.73. The number of aryl methyl sites for hydroxylation is 1. The molecule has 0 saturated heterocycles. The van der Waals surface area contributed by atoms with Gasteiger partial charge in [-0.15, -0.1) is 11.3 Å². The van der Waals surface area contributed by atoms with E-state index in [0.717, 1.165) is 28.8 Å². The van der Waals surface area contributed by atoms with Gasteiger partial charge in [-0.25, -0.2) is 15.0 Å². The lowest BCUT2D eigenvalue weighted by Gasteiger charge is -2.18. The molecular weight excluding hydrogens is 280 g/mol. The van der Waals surface area contributed by atoms with Crippen LogP contribution in [-0.4, -0.2) is 21.0 Å². The summed E-state index contributed by atoms with van der Waals surface area (Å²) in [4.78, 5) is 14.8. The van der Waals surface area contributed by atoms with Gasteiger partial charge in [-0.3, -0.25) is 0 Å². The van der Waals surface area contributed by atoms with Crippen LogP contribution in [0.15, 0.2) is 12.3 Å². The highest BCUT2D eigenvalue weighted by atomic mass is 32.1. The molecule has 21 heavy (non-hydrogen) atoms. The van der Waals surface area contributed by atoms with Crippen molar-refractivity contribution >= 4 is 11.3 Å². The van der Waals surface area contributed by atoms with E-state index in [9.17, 15) is 0 Å². The number of aromatic nitrogens is 3. The van der Waals surface area contributed by atoms with E-state index in [1.807, 2.05) is 13.0 Å². The van der Waals surface area contributed by atoms with Crippen molar-refractivity contribution in [3.63, 3.8) is 0 Å². The first kappa shape index (κ1) is 16.0. The van der Waals surface area contributed by atoms with Gasteiger partial charge in [0.05, 0.1) is 5.69 Å². The van der Waals surface area contributed by atoms with E-state index >= 15 is 0 Å². The Morgan fingerprint density at radius 3 is 2.52 bits per heavy atom. The van der Waals surface area contributed by atoms with Gasteiger partial charge < -0.3 is 5.32 Å². The number of nitrogens with one attached hydrogen (secondary N) is 1. The summed E-state index contributed by atoms with van der Waals surface area (Å²) in [6.07, 6.45) is 1.79. The first-order valence-corrected chi connectivity index (χ1v) is 8.12. The summed E-state index contributed by atoms with van der Waals surface area (Å²) in [7, 11) is 0. The normalized spacial score (nSPS) is 12.1. The zero-order valence-electron chi connectivity index (χ0n) is 13.7. The number of hydrogen-bond acceptors (Lipinski definition) is 5. The Morgan fingerprint density at radius 2 is 1.95 bits per heavy atom. The van der Waals surface area contributed by atoms with Crippen LogP contribution in [0.1, 0.15) is 51.0 Å². The second-order valence-electron chi connectivity index (χ2n) is 6.57. The molecule has 0 radical (unpaired) electrons. The molecule has 4 nitrogen and oxygen atoms in total. The number of hydrogen-bond donors (Lipinski definition) is 1. The summed E-state index contributed by atoms with van der Waals surface area (Å²) in [5.74, 6) is 0.780. The monoisotopic (exact) mass is 304 g/mol. The molecule has 5 heteroatoms. The van der Waals surface area contributed by atoms with Crippen molar-refractivity contribution in [2.75, 3.05) is 0 Å². The predicted octanol–water partition coefficient (Wildman–Crippen LogP) is 3.70. The van der Waals surface area contributed by atoms with Gasteiger partial charge in [-0.1, -0.05) is 34.6 Å². The molecule has 0 aliphatic heterocycles. The third-order valence-corrected chi connectivity index (χ3v) is 4.15. The fourth-order valence-electron chi connectivity index (χ4n) is 2.04. The van der Waals surface area contributed by atoms with Crippen LogP contribution in [0.3, 0.4) is 0 Å². The summed E-state index contributed by atoms with van der Waals surface area (Å²) in [6, 6.07) is 2.39. The van der Waals surface area contributed by atoms with Gasteiger partial charge in [-0.2, -0.15) is 0 Å². The van der Waals surface area contributed by atoms with Gasteiger partial charge in [-0.05, 0) is 13.0 Å². The molecular formula is C16H24N4S. The number of nitrogens with zero attached hydrogens (tertiary/aromatic N) is 3. The Kier molecular flexibility index (Phi) is 4.74. The molecule has 0 spiro atoms. The van der Waals surface area contributed by atoms with E-state index in [0.29, 0.717) is 6.04 Å². The van der Waals surface area contributed by atoms with E-state index < -0.39 is 0 Å². The average molecular weight is 304 g/mol. The maximum atomic E-state index is 4.86. The van der Waals surface area contributed by atoms with Gasteiger partial charge in [0.25, 0.3) is 0 Å². The highest BCUT2D eigenvalue weighted by molar-refractivity contribution is 7.15. The predicted molar refractivity (Wildman–Crippen MR) is 88.6 cm³/mol. The highest BCUT2D eigenvalue weighted by Crippen LogP contribution is 2.33. The van der Waals surface area contributed by atoms with E-state index in [-0.39, 0.29) is 5.41 Å². The Hall–Kier alpha value is -1.33. The van der Waals surface area contributed by atoms with E-state index in [1.165, 1.54) is 4.88 Å². The minimum absolute atomic E-state index is 0.0326. The van der Waals surface area contributed by atoms with Crippen molar-refractivity contribution in [2.24, 2.45) is 0 Å². The van der Waals surface area contributed by atoms with Crippen LogP contribution in [0.2, 0.25) is 0 Å². The standard InChI is InChI=1S/C16H24N4S/c1-10(2)18-9-13-14(16(4,5)6)20-15(21-13)12-7-8-17-11(3)19-12/h7-8,10,18H,9H2,1-6H3. The molecule has 0 aliphatic carbocycles. The van der Waals surface area contributed by atoms with Gasteiger partial charge in [0.15, 0.2) is 0 Å². The topological polar surface area (TPSA) is 50.7 Å². The van der Waals surface area contributed by atoms with Crippen molar-refractivity contribution in [3.05, 3.63) is 28.7 Å². The molecule has 114 valence electrons. The molecule has 0 amide bonds. The van der Waals surface area contributed by atoms with Crippen molar-refractivity contribution in [2.45, 2.75) is 59.5 Å². The fraction of sp³-hybridized carbons (Fsp3) is 0.562. The van der Waals surface area contributed by atoms with Crippen LogP contribution in [0.25, 0.3) is 10.7 Å². The zero-order chi connectivity index (χ0) is 15.6. The molecule has 0 aromatic carbocycles. The molecule has 0 atom stereocenters. The third kappa shape index (κ3) is 4.08. The molecule has 0 aliphatic rings. The quantitative estimate of drug-likeness (QED) is 0.935. The van der Waals surface area contributed by atoms with Crippen LogP contribution in [-0.2, 0) is 12.0 Å². The maximum absolute atomic E-state index is 4.86. The molecule has 2 heterocycles. The summed E-state index contributed by atoms with van der Waals surface area (Å²) in [5.41, 5.74) is 2.10. The summed E-state index contributed by atoms with van der Waals surface area (Å²) < 4.78 is 0. The third-order valence-electron chi connectivity index (χ3n) is 3.07. The maximum Gasteiger partial charge on any atom is 0.142 e. The van der Waals surface area contributed by atoms with E-state index in [2.05, 4.69) is 49.9 Å². The van der Waals surface area contributed by atoms with E-state index in [1.54, 1.807) is 17.5 Å². The molecule has 0 unspecified atom stereocenters. The Labute approximate surface area is 131 Å². The number of thiazole rings is 1. The molecule has 2 aromatic heterocycles. The molecule has 2 rings (SSSR count). The lowest BCUT2D eigenvalue weighted by Crippen LogP contribution is -2.23. The van der Waals surface area contributed by atoms with Crippen LogP contribution < -0.4 is 5.32 Å². The lowest BCUT2D eigenvalue weighted by molar-refractivity contribution is 0.546. The van der Waals surface area contributed by atoms with Gasteiger partial charge in [0, 0.05) is 29.1 Å². The van der Waals surface area contributed by atoms with Crippen molar-refractivity contribution < 1.29 is 0 Å². The van der Waals surface area contributed by atoms with Crippen LogP contribution in [0.5, 0.6) is 0 Å². The Balaban J connectivity index is 2.40. The van der Waals surface area contributed by atoms with Crippen molar-refractivity contribution in [1.29, 1.82) is 0 Å². The van der Waals surface area contributed by atoms with Gasteiger partial charge in [0.2, 0.25) is 0 Å². The van der Waals surface area contributed by atoms with Crippen molar-refractivity contribution in [1.82, 2.24) is 20.3 Å². The highest BCUT2D eigenvalue weighted by Gasteiger charge is 2.24. The largest absolute Gasteiger partial charge is 0.310 e. The van der Waals surface area contributed by atoms with Crippen LogP contribution in [0, 0.1) is 6.92 Å². The van der Waals surface area contributed by atoms with Gasteiger partial charge in [0.1, 0.15) is 16.5 Å². The van der Waals surface area contributed by atoms with Crippen LogP contribution in [0.4, 0.5) is 0 Å². The zero-order valence-corrected chi connectivity index (χ0v) is 14.5. The number of rotatable bonds is 4. The molecule has 1 N–H and O–H groups in total. The smallest absolute Gasteiger partial charge is 0.142 e. The minimum Gasteiger partial charge on any atom is -0.310 e. The second-order valence-corrected chi connectivity index (χ2v) is 7.65. The molecule has 0 saturated carbocycles. The summed E-state index contributed by atoms with van der Waals surface area (Å²) in [6.45, 7) is 13.7. The summed E-state index contributed by atoms with van der Waals surface area (Å²) in [5, 5.41) is 4.47. The Morgan fingerprint density at radius 1 is 1.24 bits per heavy atom. The lowest BCUT2D eigenvalue weighted by atomic mass is 9.91. The molecule has 0 bridgehead atoms. The van der Waals surface area contributed by atoms with Crippen LogP contribution >= 0.6 is 11.3 Å². The second kappa shape index (κ2) is 6.20. The van der Waals surface area contributed by atoms with Gasteiger partial charge >= 0.3 is 0 Å². The Bertz CT molecular complexity index is 611. The first-order chi connectivity index (χ1) is 9.77.